The zero-order valence-electron chi connectivity index (χ0n) is 15.7. The Bertz CT molecular complexity index is 991. The number of nitrogens with one attached hydrogen (secondary N) is 2. The summed E-state index contributed by atoms with van der Waals surface area (Å²) in [6, 6.07) is 13.5. The summed E-state index contributed by atoms with van der Waals surface area (Å²) < 4.78 is 0. The largest absolute Gasteiger partial charge is 0.325 e. The van der Waals surface area contributed by atoms with Crippen LogP contribution >= 0.6 is 11.6 Å². The number of rotatable bonds is 2. The van der Waals surface area contributed by atoms with E-state index in [9.17, 15) is 9.59 Å². The number of halogens is 1. The molecule has 0 bridgehead atoms. The molecule has 2 amide bonds. The van der Waals surface area contributed by atoms with Crippen molar-refractivity contribution in [3.8, 4) is 0 Å². The van der Waals surface area contributed by atoms with E-state index in [1.807, 2.05) is 43.3 Å². The molecule has 0 radical (unpaired) electrons. The van der Waals surface area contributed by atoms with E-state index in [1.165, 1.54) is 0 Å². The minimum Gasteiger partial charge on any atom is -0.325 e. The molecule has 0 aromatic heterocycles. The summed E-state index contributed by atoms with van der Waals surface area (Å²) in [6.07, 6.45) is 2.77. The van der Waals surface area contributed by atoms with Crippen molar-refractivity contribution in [1.82, 2.24) is 4.90 Å². The molecule has 3 atom stereocenters. The molecule has 2 saturated heterocycles. The molecule has 3 unspecified atom stereocenters. The summed E-state index contributed by atoms with van der Waals surface area (Å²) in [6.45, 7) is 2.73. The Hall–Kier alpha value is -2.37. The summed E-state index contributed by atoms with van der Waals surface area (Å²) >= 11 is 6.22. The first-order valence-corrected chi connectivity index (χ1v) is 10.1. The van der Waals surface area contributed by atoms with Crippen molar-refractivity contribution in [1.29, 1.82) is 0 Å². The quantitative estimate of drug-likeness (QED) is 0.810. The zero-order chi connectivity index (χ0) is 19.5. The van der Waals surface area contributed by atoms with Crippen LogP contribution in [0.4, 0.5) is 11.4 Å². The predicted octanol–water partition coefficient (Wildman–Crippen LogP) is 3.92. The van der Waals surface area contributed by atoms with Crippen molar-refractivity contribution in [3.05, 3.63) is 58.6 Å². The summed E-state index contributed by atoms with van der Waals surface area (Å²) in [5, 5.41) is 6.70. The smallest absolute Gasteiger partial charge is 0.250 e. The zero-order valence-corrected chi connectivity index (χ0v) is 16.4. The molecule has 6 heteroatoms. The van der Waals surface area contributed by atoms with Gasteiger partial charge < -0.3 is 10.6 Å². The fourth-order valence-electron chi connectivity index (χ4n) is 5.34. The van der Waals surface area contributed by atoms with E-state index in [2.05, 4.69) is 15.5 Å². The molecular weight excluding hydrogens is 374 g/mol. The Balaban J connectivity index is 1.58. The second-order valence-corrected chi connectivity index (χ2v) is 8.35. The molecule has 3 aliphatic heterocycles. The van der Waals surface area contributed by atoms with Crippen LogP contribution in [0.15, 0.2) is 42.5 Å². The number of para-hydroxylation sites is 1. The highest BCUT2D eigenvalue weighted by molar-refractivity contribution is 6.31. The standard InChI is InChI=1S/C22H22ClN3O2/c1-13-17(23)8-4-10-18(13)24-20(27)16-12-14-6-5-11-26(14)22(16)15-7-2-3-9-19(15)25-21(22)28/h2-4,7-10,14,16H,5-6,11-12H2,1H3,(H,24,27)(H,25,28). The van der Waals surface area contributed by atoms with Gasteiger partial charge in [0, 0.05) is 28.0 Å². The summed E-state index contributed by atoms with van der Waals surface area (Å²) in [5.41, 5.74) is 2.35. The van der Waals surface area contributed by atoms with Gasteiger partial charge in [-0.15, -0.1) is 0 Å². The van der Waals surface area contributed by atoms with Gasteiger partial charge in [-0.05, 0) is 56.5 Å². The Morgan fingerprint density at radius 1 is 1.25 bits per heavy atom. The van der Waals surface area contributed by atoms with E-state index in [0.717, 1.165) is 36.2 Å². The second kappa shape index (κ2) is 6.33. The Kier molecular flexibility index (Phi) is 4.00. The maximum atomic E-state index is 13.5. The van der Waals surface area contributed by atoms with E-state index >= 15 is 0 Å². The topological polar surface area (TPSA) is 61.4 Å². The number of amides is 2. The number of nitrogens with zero attached hydrogens (tertiary/aromatic N) is 1. The van der Waals surface area contributed by atoms with Crippen molar-refractivity contribution in [2.24, 2.45) is 5.92 Å². The van der Waals surface area contributed by atoms with E-state index in [-0.39, 0.29) is 17.9 Å². The van der Waals surface area contributed by atoms with Crippen LogP contribution < -0.4 is 10.6 Å². The van der Waals surface area contributed by atoms with Gasteiger partial charge in [0.2, 0.25) is 11.8 Å². The van der Waals surface area contributed by atoms with Crippen molar-refractivity contribution in [2.75, 3.05) is 17.2 Å². The van der Waals surface area contributed by atoms with Crippen LogP contribution in [0.1, 0.15) is 30.4 Å². The molecule has 3 aliphatic rings. The fraction of sp³-hybridized carbons (Fsp3) is 0.364. The number of fused-ring (bicyclic) bond motifs is 4. The summed E-state index contributed by atoms with van der Waals surface area (Å²) in [5.74, 6) is -0.646. The summed E-state index contributed by atoms with van der Waals surface area (Å²) in [4.78, 5) is 29.1. The van der Waals surface area contributed by atoms with Crippen LogP contribution in [0.5, 0.6) is 0 Å². The highest BCUT2D eigenvalue weighted by atomic mass is 35.5. The first kappa shape index (κ1) is 17.7. The Morgan fingerprint density at radius 3 is 2.93 bits per heavy atom. The van der Waals surface area contributed by atoms with Crippen LogP contribution in [0.2, 0.25) is 5.02 Å². The fourth-order valence-corrected chi connectivity index (χ4v) is 5.52. The maximum absolute atomic E-state index is 13.5. The van der Waals surface area contributed by atoms with Gasteiger partial charge in [-0.25, -0.2) is 0 Å². The van der Waals surface area contributed by atoms with Gasteiger partial charge in [-0.2, -0.15) is 0 Å². The van der Waals surface area contributed by atoms with E-state index in [4.69, 9.17) is 11.6 Å². The Labute approximate surface area is 169 Å². The summed E-state index contributed by atoms with van der Waals surface area (Å²) in [7, 11) is 0. The number of benzene rings is 2. The molecule has 5 nitrogen and oxygen atoms in total. The predicted molar refractivity (Wildman–Crippen MR) is 109 cm³/mol. The normalized spacial score (nSPS) is 28.3. The van der Waals surface area contributed by atoms with Gasteiger partial charge in [0.05, 0.1) is 5.92 Å². The van der Waals surface area contributed by atoms with Crippen LogP contribution in [-0.4, -0.2) is 29.3 Å². The lowest BCUT2D eigenvalue weighted by molar-refractivity contribution is -0.135. The highest BCUT2D eigenvalue weighted by Crippen LogP contribution is 2.55. The highest BCUT2D eigenvalue weighted by Gasteiger charge is 2.65. The monoisotopic (exact) mass is 395 g/mol. The molecule has 2 aromatic carbocycles. The SMILES string of the molecule is Cc1c(Cl)cccc1NC(=O)C1CC2CCCN2C12C(=O)Nc1ccccc12. The number of carbonyl (C=O) groups is 2. The third-order valence-corrected chi connectivity index (χ3v) is 7.03. The number of anilines is 2. The second-order valence-electron chi connectivity index (χ2n) is 7.95. The van der Waals surface area contributed by atoms with Crippen LogP contribution in [0.3, 0.4) is 0 Å². The minimum absolute atomic E-state index is 0.0823. The maximum Gasteiger partial charge on any atom is 0.250 e. The molecule has 144 valence electrons. The lowest BCUT2D eigenvalue weighted by Crippen LogP contribution is -2.53. The molecule has 3 heterocycles. The average Bonchev–Trinajstić information content (AvgIpc) is 3.34. The van der Waals surface area contributed by atoms with Gasteiger partial charge >= 0.3 is 0 Å². The van der Waals surface area contributed by atoms with E-state index in [1.54, 1.807) is 6.07 Å². The molecule has 2 fully saturated rings. The number of hydrogen-bond donors (Lipinski definition) is 2. The molecule has 0 aliphatic carbocycles. The molecule has 1 spiro atoms. The van der Waals surface area contributed by atoms with Crippen molar-refractivity contribution in [2.45, 2.75) is 37.8 Å². The van der Waals surface area contributed by atoms with Gasteiger partial charge in [0.15, 0.2) is 0 Å². The lowest BCUT2D eigenvalue weighted by atomic mass is 9.78. The van der Waals surface area contributed by atoms with Crippen LogP contribution in [-0.2, 0) is 15.1 Å². The van der Waals surface area contributed by atoms with Crippen molar-refractivity contribution < 1.29 is 9.59 Å². The molecule has 28 heavy (non-hydrogen) atoms. The lowest BCUT2D eigenvalue weighted by Gasteiger charge is -2.36. The molecule has 2 aromatic rings. The van der Waals surface area contributed by atoms with Crippen LogP contribution in [0, 0.1) is 12.8 Å². The van der Waals surface area contributed by atoms with Crippen LogP contribution in [0.25, 0.3) is 0 Å². The molecule has 5 rings (SSSR count). The van der Waals surface area contributed by atoms with E-state index < -0.39 is 11.5 Å². The van der Waals surface area contributed by atoms with Gasteiger partial charge in [-0.3, -0.25) is 14.5 Å². The van der Waals surface area contributed by atoms with E-state index in [0.29, 0.717) is 17.1 Å². The number of hydrogen-bond acceptors (Lipinski definition) is 3. The van der Waals surface area contributed by atoms with Gasteiger partial charge in [-0.1, -0.05) is 35.9 Å². The van der Waals surface area contributed by atoms with Crippen molar-refractivity contribution >= 4 is 34.8 Å². The average molecular weight is 396 g/mol. The molecule has 0 saturated carbocycles. The number of carbonyl (C=O) groups excluding carboxylic acids is 2. The Morgan fingerprint density at radius 2 is 2.07 bits per heavy atom. The van der Waals surface area contributed by atoms with Crippen molar-refractivity contribution in [3.63, 3.8) is 0 Å². The minimum atomic E-state index is -0.922. The first-order chi connectivity index (χ1) is 13.5. The molecule has 2 N–H and O–H groups in total. The first-order valence-electron chi connectivity index (χ1n) is 9.77. The molecular formula is C22H22ClN3O2. The third kappa shape index (κ3) is 2.29. The van der Waals surface area contributed by atoms with Gasteiger partial charge in [0.1, 0.15) is 5.54 Å². The third-order valence-electron chi connectivity index (χ3n) is 6.62. The van der Waals surface area contributed by atoms with Gasteiger partial charge in [0.25, 0.3) is 0 Å².